The van der Waals surface area contributed by atoms with E-state index in [0.29, 0.717) is 18.8 Å². The lowest BCUT2D eigenvalue weighted by molar-refractivity contribution is -0.132. The van der Waals surface area contributed by atoms with Crippen LogP contribution in [0.4, 0.5) is 0 Å². The van der Waals surface area contributed by atoms with Crippen LogP contribution in [0.5, 0.6) is 5.75 Å². The summed E-state index contributed by atoms with van der Waals surface area (Å²) in [5.74, 6) is 0.964. The zero-order chi connectivity index (χ0) is 21.9. The van der Waals surface area contributed by atoms with Gasteiger partial charge in [0.05, 0.1) is 12.6 Å². The molecule has 1 aromatic carbocycles. The number of hydrogen-bond acceptors (Lipinski definition) is 3. The van der Waals surface area contributed by atoms with Crippen LogP contribution in [0.15, 0.2) is 29.1 Å². The number of ether oxygens (including phenoxy) is 1. The van der Waals surface area contributed by atoms with Crippen molar-refractivity contribution in [3.05, 3.63) is 40.2 Å². The van der Waals surface area contributed by atoms with Crippen molar-refractivity contribution in [1.82, 2.24) is 9.47 Å². The molecule has 0 radical (unpaired) electrons. The Labute approximate surface area is 180 Å². The predicted octanol–water partition coefficient (Wildman–Crippen LogP) is 4.95. The first-order valence-corrected chi connectivity index (χ1v) is 11.2. The van der Waals surface area contributed by atoms with Gasteiger partial charge in [0.1, 0.15) is 12.3 Å². The number of aromatic nitrogens is 1. The predicted molar refractivity (Wildman–Crippen MR) is 122 cm³/mol. The second-order valence-electron chi connectivity index (χ2n) is 9.72. The molecule has 0 unspecified atom stereocenters. The summed E-state index contributed by atoms with van der Waals surface area (Å²) in [5, 5.41) is 0.989. The number of nitrogens with zero attached hydrogens (tertiary/aromatic N) is 2. The molecule has 0 spiro atoms. The van der Waals surface area contributed by atoms with Gasteiger partial charge in [-0.05, 0) is 54.7 Å². The highest BCUT2D eigenvalue weighted by atomic mass is 16.5. The summed E-state index contributed by atoms with van der Waals surface area (Å²) in [6.45, 7) is 9.73. The van der Waals surface area contributed by atoms with Crippen molar-refractivity contribution in [2.75, 3.05) is 20.2 Å². The van der Waals surface area contributed by atoms with E-state index in [1.54, 1.807) is 11.7 Å². The maximum Gasteiger partial charge on any atom is 0.255 e. The highest BCUT2D eigenvalue weighted by molar-refractivity contribution is 5.84. The van der Waals surface area contributed by atoms with Crippen LogP contribution < -0.4 is 10.3 Å². The second kappa shape index (κ2) is 9.23. The van der Waals surface area contributed by atoms with Gasteiger partial charge in [-0.2, -0.15) is 0 Å². The van der Waals surface area contributed by atoms with Gasteiger partial charge in [0.25, 0.3) is 5.56 Å². The fourth-order valence-corrected chi connectivity index (χ4v) is 4.55. The van der Waals surface area contributed by atoms with Crippen LogP contribution in [0.1, 0.15) is 71.3 Å². The summed E-state index contributed by atoms with van der Waals surface area (Å²) in [6, 6.07) is 7.82. The van der Waals surface area contributed by atoms with Gasteiger partial charge in [-0.25, -0.2) is 0 Å². The molecule has 1 heterocycles. The minimum atomic E-state index is -0.0252. The zero-order valence-corrected chi connectivity index (χ0v) is 19.2. The minimum absolute atomic E-state index is 0.00582. The highest BCUT2D eigenvalue weighted by Gasteiger charge is 2.24. The maximum atomic E-state index is 13.6. The van der Waals surface area contributed by atoms with Crippen LogP contribution in [-0.4, -0.2) is 35.6 Å². The van der Waals surface area contributed by atoms with Crippen molar-refractivity contribution in [2.45, 2.75) is 72.3 Å². The second-order valence-corrected chi connectivity index (χ2v) is 9.72. The van der Waals surface area contributed by atoms with Crippen molar-refractivity contribution < 1.29 is 9.53 Å². The summed E-state index contributed by atoms with van der Waals surface area (Å²) in [6.07, 6.45) is 5.68. The first-order valence-electron chi connectivity index (χ1n) is 11.2. The summed E-state index contributed by atoms with van der Waals surface area (Å²) in [4.78, 5) is 28.6. The quantitative estimate of drug-likeness (QED) is 0.674. The molecule has 3 rings (SSSR count). The first-order chi connectivity index (χ1) is 14.2. The van der Waals surface area contributed by atoms with E-state index in [0.717, 1.165) is 29.3 Å². The SMILES string of the molecule is CCN(CC(C)(C)C)C(=O)Cn1c(=O)c(C2CCCCC2)cc2ccc(OC)cc21. The molecule has 1 amide bonds. The molecule has 0 bridgehead atoms. The lowest BCUT2D eigenvalue weighted by Gasteiger charge is -2.30. The van der Waals surface area contributed by atoms with Gasteiger partial charge in [0.15, 0.2) is 0 Å². The highest BCUT2D eigenvalue weighted by Crippen LogP contribution is 2.32. The largest absolute Gasteiger partial charge is 0.497 e. The molecular formula is C25H36N2O3. The minimum Gasteiger partial charge on any atom is -0.497 e. The van der Waals surface area contributed by atoms with Gasteiger partial charge in [-0.1, -0.05) is 40.0 Å². The Morgan fingerprint density at radius 3 is 2.47 bits per heavy atom. The molecule has 5 nitrogen and oxygen atoms in total. The molecule has 1 aromatic heterocycles. The summed E-state index contributed by atoms with van der Waals surface area (Å²) in [5.41, 5.74) is 1.60. The average molecular weight is 413 g/mol. The number of carbonyl (C=O) groups is 1. The van der Waals surface area contributed by atoms with Gasteiger partial charge >= 0.3 is 0 Å². The number of carbonyl (C=O) groups excluding carboxylic acids is 1. The number of hydrogen-bond donors (Lipinski definition) is 0. The van der Waals surface area contributed by atoms with Crippen LogP contribution in [0.25, 0.3) is 10.9 Å². The van der Waals surface area contributed by atoms with E-state index in [9.17, 15) is 9.59 Å². The molecule has 1 aliphatic carbocycles. The van der Waals surface area contributed by atoms with E-state index in [4.69, 9.17) is 4.74 Å². The third-order valence-electron chi connectivity index (χ3n) is 6.07. The third-order valence-corrected chi connectivity index (χ3v) is 6.07. The summed E-state index contributed by atoms with van der Waals surface area (Å²) < 4.78 is 7.07. The van der Waals surface area contributed by atoms with E-state index < -0.39 is 0 Å². The van der Waals surface area contributed by atoms with E-state index in [1.807, 2.05) is 36.1 Å². The molecule has 1 fully saturated rings. The normalized spacial score (nSPS) is 15.4. The molecule has 1 aliphatic rings. The number of rotatable bonds is 6. The lowest BCUT2D eigenvalue weighted by Crippen LogP contribution is -2.41. The summed E-state index contributed by atoms with van der Waals surface area (Å²) >= 11 is 0. The number of benzene rings is 1. The van der Waals surface area contributed by atoms with Gasteiger partial charge in [-0.15, -0.1) is 0 Å². The van der Waals surface area contributed by atoms with Crippen molar-refractivity contribution in [3.8, 4) is 5.75 Å². The van der Waals surface area contributed by atoms with Crippen LogP contribution in [-0.2, 0) is 11.3 Å². The lowest BCUT2D eigenvalue weighted by atomic mass is 9.84. The molecule has 0 saturated heterocycles. The fraction of sp³-hybridized carbons (Fsp3) is 0.600. The molecule has 164 valence electrons. The standard InChI is InChI=1S/C25H36N2O3/c1-6-26(17-25(2,3)4)23(28)16-27-22-15-20(30-5)13-12-19(22)14-21(24(27)29)18-10-8-7-9-11-18/h12-15,18H,6-11,16-17H2,1-5H3. The van der Waals surface area contributed by atoms with Crippen LogP contribution in [0.2, 0.25) is 0 Å². The zero-order valence-electron chi connectivity index (χ0n) is 19.2. The molecule has 5 heteroatoms. The molecule has 1 saturated carbocycles. The number of methoxy groups -OCH3 is 1. The topological polar surface area (TPSA) is 51.5 Å². The van der Waals surface area contributed by atoms with Gasteiger partial charge in [-0.3, -0.25) is 14.2 Å². The monoisotopic (exact) mass is 412 g/mol. The Balaban J connectivity index is 2.06. The molecular weight excluding hydrogens is 376 g/mol. The summed E-state index contributed by atoms with van der Waals surface area (Å²) in [7, 11) is 1.62. The Morgan fingerprint density at radius 2 is 1.87 bits per heavy atom. The molecule has 0 atom stereocenters. The van der Waals surface area contributed by atoms with E-state index in [1.165, 1.54) is 19.3 Å². The van der Waals surface area contributed by atoms with E-state index in [-0.39, 0.29) is 29.3 Å². The van der Waals surface area contributed by atoms with E-state index >= 15 is 0 Å². The van der Waals surface area contributed by atoms with Crippen molar-refractivity contribution in [1.29, 1.82) is 0 Å². The van der Waals surface area contributed by atoms with Gasteiger partial charge in [0.2, 0.25) is 5.91 Å². The van der Waals surface area contributed by atoms with Crippen molar-refractivity contribution in [2.24, 2.45) is 5.41 Å². The van der Waals surface area contributed by atoms with Crippen molar-refractivity contribution in [3.63, 3.8) is 0 Å². The first kappa shape index (κ1) is 22.4. The number of fused-ring (bicyclic) bond motifs is 1. The average Bonchev–Trinajstić information content (AvgIpc) is 2.73. The number of pyridine rings is 1. The molecule has 0 N–H and O–H groups in total. The Hall–Kier alpha value is -2.30. The Kier molecular flexibility index (Phi) is 6.89. The van der Waals surface area contributed by atoms with Gasteiger partial charge in [0, 0.05) is 24.7 Å². The Bertz CT molecular complexity index is 949. The van der Waals surface area contributed by atoms with Gasteiger partial charge < -0.3 is 9.64 Å². The van der Waals surface area contributed by atoms with Crippen LogP contribution >= 0.6 is 0 Å². The number of amides is 1. The maximum absolute atomic E-state index is 13.6. The van der Waals surface area contributed by atoms with Crippen molar-refractivity contribution >= 4 is 16.8 Å². The molecule has 2 aromatic rings. The molecule has 0 aliphatic heterocycles. The fourth-order valence-electron chi connectivity index (χ4n) is 4.55. The van der Waals surface area contributed by atoms with Crippen LogP contribution in [0.3, 0.4) is 0 Å². The van der Waals surface area contributed by atoms with E-state index in [2.05, 4.69) is 20.8 Å². The smallest absolute Gasteiger partial charge is 0.255 e. The Morgan fingerprint density at radius 1 is 1.17 bits per heavy atom. The van der Waals surface area contributed by atoms with Crippen LogP contribution in [0, 0.1) is 5.41 Å². The molecule has 30 heavy (non-hydrogen) atoms. The number of likely N-dealkylation sites (N-methyl/N-ethyl adjacent to an activating group) is 1. The third kappa shape index (κ3) is 5.05.